The number of nitrogens with zero attached hydrogens (tertiary/aromatic N) is 1. The standard InChI is InChI=1S/C14H21BrN2O/c1-18-11-12-6-8-17(10-12)9-7-16-14-5-3-2-4-13(14)15/h2-5,12,16H,6-11H2,1H3. The van der Waals surface area contributed by atoms with Crippen molar-refractivity contribution in [2.24, 2.45) is 5.92 Å². The van der Waals surface area contributed by atoms with Gasteiger partial charge in [0, 0.05) is 36.9 Å². The van der Waals surface area contributed by atoms with E-state index in [0.29, 0.717) is 0 Å². The summed E-state index contributed by atoms with van der Waals surface area (Å²) in [7, 11) is 1.79. The Morgan fingerprint density at radius 2 is 2.28 bits per heavy atom. The first-order valence-electron chi connectivity index (χ1n) is 6.49. The number of ether oxygens (including phenoxy) is 1. The van der Waals surface area contributed by atoms with E-state index in [4.69, 9.17) is 4.74 Å². The summed E-state index contributed by atoms with van der Waals surface area (Å²) in [5.41, 5.74) is 1.17. The first-order chi connectivity index (χ1) is 8.79. The Labute approximate surface area is 118 Å². The SMILES string of the molecule is COCC1CCN(CCNc2ccccc2Br)C1. The van der Waals surface area contributed by atoms with Gasteiger partial charge in [-0.1, -0.05) is 12.1 Å². The highest BCUT2D eigenvalue weighted by Gasteiger charge is 2.21. The maximum Gasteiger partial charge on any atom is 0.0503 e. The van der Waals surface area contributed by atoms with Crippen LogP contribution in [0.2, 0.25) is 0 Å². The van der Waals surface area contributed by atoms with Crippen LogP contribution in [0.3, 0.4) is 0 Å². The summed E-state index contributed by atoms with van der Waals surface area (Å²) in [6.45, 7) is 5.36. The molecule has 0 bridgehead atoms. The topological polar surface area (TPSA) is 24.5 Å². The Hall–Kier alpha value is -0.580. The van der Waals surface area contributed by atoms with E-state index >= 15 is 0 Å². The van der Waals surface area contributed by atoms with Gasteiger partial charge in [0.15, 0.2) is 0 Å². The molecule has 2 rings (SSSR count). The molecule has 3 nitrogen and oxygen atoms in total. The predicted molar refractivity (Wildman–Crippen MR) is 79.1 cm³/mol. The van der Waals surface area contributed by atoms with Crippen LogP contribution in [0.15, 0.2) is 28.7 Å². The number of nitrogens with one attached hydrogen (secondary N) is 1. The molecule has 1 atom stereocenters. The molecule has 0 amide bonds. The molecule has 1 aliphatic heterocycles. The highest BCUT2D eigenvalue weighted by Crippen LogP contribution is 2.21. The van der Waals surface area contributed by atoms with Crippen molar-refractivity contribution in [3.63, 3.8) is 0 Å². The van der Waals surface area contributed by atoms with E-state index in [1.807, 2.05) is 6.07 Å². The van der Waals surface area contributed by atoms with Crippen LogP contribution in [0.1, 0.15) is 6.42 Å². The maximum atomic E-state index is 5.22. The average Bonchev–Trinajstić information content (AvgIpc) is 2.80. The van der Waals surface area contributed by atoms with Gasteiger partial charge in [-0.05, 0) is 46.9 Å². The van der Waals surface area contributed by atoms with Crippen molar-refractivity contribution >= 4 is 21.6 Å². The minimum Gasteiger partial charge on any atom is -0.384 e. The molecule has 18 heavy (non-hydrogen) atoms. The fourth-order valence-corrected chi connectivity index (χ4v) is 2.87. The van der Waals surface area contributed by atoms with Crippen molar-refractivity contribution in [2.45, 2.75) is 6.42 Å². The fraction of sp³-hybridized carbons (Fsp3) is 0.571. The molecule has 0 aliphatic carbocycles. The van der Waals surface area contributed by atoms with Crippen molar-refractivity contribution in [3.05, 3.63) is 28.7 Å². The molecule has 0 aromatic heterocycles. The van der Waals surface area contributed by atoms with E-state index in [-0.39, 0.29) is 0 Å². The van der Waals surface area contributed by atoms with Crippen molar-refractivity contribution in [1.29, 1.82) is 0 Å². The fourth-order valence-electron chi connectivity index (χ4n) is 2.44. The summed E-state index contributed by atoms with van der Waals surface area (Å²) in [6, 6.07) is 8.25. The Morgan fingerprint density at radius 1 is 1.44 bits per heavy atom. The number of halogens is 1. The number of rotatable bonds is 6. The van der Waals surface area contributed by atoms with Crippen LogP contribution in [0, 0.1) is 5.92 Å². The van der Waals surface area contributed by atoms with E-state index in [1.54, 1.807) is 7.11 Å². The lowest BCUT2D eigenvalue weighted by Crippen LogP contribution is -2.27. The van der Waals surface area contributed by atoms with Gasteiger partial charge in [-0.2, -0.15) is 0 Å². The molecule has 1 N–H and O–H groups in total. The van der Waals surface area contributed by atoms with Crippen molar-refractivity contribution < 1.29 is 4.74 Å². The molecule has 1 aliphatic rings. The summed E-state index contributed by atoms with van der Waals surface area (Å²) in [6.07, 6.45) is 1.27. The highest BCUT2D eigenvalue weighted by molar-refractivity contribution is 9.10. The zero-order valence-electron chi connectivity index (χ0n) is 10.9. The van der Waals surface area contributed by atoms with Gasteiger partial charge in [-0.3, -0.25) is 0 Å². The monoisotopic (exact) mass is 312 g/mol. The zero-order valence-corrected chi connectivity index (χ0v) is 12.4. The van der Waals surface area contributed by atoms with Gasteiger partial charge in [-0.15, -0.1) is 0 Å². The third-order valence-electron chi connectivity index (χ3n) is 3.39. The second-order valence-corrected chi connectivity index (χ2v) is 5.67. The molecule has 1 aromatic rings. The Kier molecular flexibility index (Phi) is 5.47. The third-order valence-corrected chi connectivity index (χ3v) is 4.08. The molecule has 100 valence electrons. The molecule has 1 unspecified atom stereocenters. The van der Waals surface area contributed by atoms with E-state index in [9.17, 15) is 0 Å². The second-order valence-electron chi connectivity index (χ2n) is 4.82. The van der Waals surface area contributed by atoms with Gasteiger partial charge in [0.2, 0.25) is 0 Å². The lowest BCUT2D eigenvalue weighted by Gasteiger charge is -2.17. The first-order valence-corrected chi connectivity index (χ1v) is 7.28. The molecule has 4 heteroatoms. The van der Waals surface area contributed by atoms with Crippen molar-refractivity contribution in [1.82, 2.24) is 4.90 Å². The molecular weight excluding hydrogens is 292 g/mol. The van der Waals surface area contributed by atoms with Crippen molar-refractivity contribution in [2.75, 3.05) is 45.2 Å². The van der Waals surface area contributed by atoms with Gasteiger partial charge in [0.1, 0.15) is 0 Å². The summed E-state index contributed by atoms with van der Waals surface area (Å²) < 4.78 is 6.34. The number of likely N-dealkylation sites (tertiary alicyclic amines) is 1. The van der Waals surface area contributed by atoms with Crippen LogP contribution in [0.4, 0.5) is 5.69 Å². The zero-order chi connectivity index (χ0) is 12.8. The molecule has 1 saturated heterocycles. The minimum atomic E-state index is 0.721. The summed E-state index contributed by atoms with van der Waals surface area (Å²) in [4.78, 5) is 2.51. The van der Waals surface area contributed by atoms with E-state index in [0.717, 1.165) is 30.1 Å². The summed E-state index contributed by atoms with van der Waals surface area (Å²) >= 11 is 3.55. The summed E-state index contributed by atoms with van der Waals surface area (Å²) in [5.74, 6) is 0.721. The smallest absolute Gasteiger partial charge is 0.0503 e. The van der Waals surface area contributed by atoms with Crippen LogP contribution in [0.25, 0.3) is 0 Å². The number of hydrogen-bond acceptors (Lipinski definition) is 3. The largest absolute Gasteiger partial charge is 0.384 e. The molecule has 1 heterocycles. The average molecular weight is 313 g/mol. The van der Waals surface area contributed by atoms with Gasteiger partial charge in [0.05, 0.1) is 6.61 Å². The van der Waals surface area contributed by atoms with Crippen LogP contribution < -0.4 is 5.32 Å². The van der Waals surface area contributed by atoms with Crippen LogP contribution in [-0.2, 0) is 4.74 Å². The maximum absolute atomic E-state index is 5.22. The number of benzene rings is 1. The quantitative estimate of drug-likeness (QED) is 0.874. The van der Waals surface area contributed by atoms with Gasteiger partial charge < -0.3 is 15.0 Å². The van der Waals surface area contributed by atoms with E-state index < -0.39 is 0 Å². The molecular formula is C14H21BrN2O. The van der Waals surface area contributed by atoms with Crippen molar-refractivity contribution in [3.8, 4) is 0 Å². The van der Waals surface area contributed by atoms with Crippen LogP contribution >= 0.6 is 15.9 Å². The number of methoxy groups -OCH3 is 1. The normalized spacial score (nSPS) is 20.2. The number of hydrogen-bond donors (Lipinski definition) is 1. The lowest BCUT2D eigenvalue weighted by molar-refractivity contribution is 0.153. The third kappa shape index (κ3) is 3.97. The van der Waals surface area contributed by atoms with Gasteiger partial charge in [-0.25, -0.2) is 0 Å². The number of anilines is 1. The molecule has 0 spiro atoms. The Morgan fingerprint density at radius 3 is 3.06 bits per heavy atom. The highest BCUT2D eigenvalue weighted by atomic mass is 79.9. The Balaban J connectivity index is 1.69. The van der Waals surface area contributed by atoms with E-state index in [1.165, 1.54) is 25.2 Å². The molecule has 0 radical (unpaired) electrons. The number of para-hydroxylation sites is 1. The molecule has 1 fully saturated rings. The lowest BCUT2D eigenvalue weighted by atomic mass is 10.1. The Bertz CT molecular complexity index is 373. The van der Waals surface area contributed by atoms with Gasteiger partial charge in [0.25, 0.3) is 0 Å². The minimum absolute atomic E-state index is 0.721. The molecule has 0 saturated carbocycles. The second kappa shape index (κ2) is 7.12. The van der Waals surface area contributed by atoms with Crippen LogP contribution in [0.5, 0.6) is 0 Å². The first kappa shape index (κ1) is 13.8. The predicted octanol–water partition coefficient (Wildman–Crippen LogP) is 2.83. The van der Waals surface area contributed by atoms with Crippen LogP contribution in [-0.4, -0.2) is 44.8 Å². The van der Waals surface area contributed by atoms with Gasteiger partial charge >= 0.3 is 0 Å². The van der Waals surface area contributed by atoms with E-state index in [2.05, 4.69) is 44.3 Å². The molecule has 1 aromatic carbocycles. The summed E-state index contributed by atoms with van der Waals surface area (Å²) in [5, 5.41) is 3.47.